The third-order valence-corrected chi connectivity index (χ3v) is 6.69. The Hall–Kier alpha value is -1.15. The van der Waals surface area contributed by atoms with E-state index in [9.17, 15) is 13.2 Å². The summed E-state index contributed by atoms with van der Waals surface area (Å²) in [6.45, 7) is 3.33. The Labute approximate surface area is 155 Å². The molecule has 1 aliphatic heterocycles. The van der Waals surface area contributed by atoms with Crippen molar-refractivity contribution in [2.24, 2.45) is 5.73 Å². The highest BCUT2D eigenvalue weighted by Crippen LogP contribution is 2.26. The van der Waals surface area contributed by atoms with Crippen molar-refractivity contribution >= 4 is 28.3 Å². The average molecular weight is 388 g/mol. The smallest absolute Gasteiger partial charge is 0.243 e. The van der Waals surface area contributed by atoms with E-state index in [2.05, 4.69) is 0 Å². The molecule has 3 rings (SSSR count). The van der Waals surface area contributed by atoms with Crippen molar-refractivity contribution in [3.8, 4) is 0 Å². The lowest BCUT2D eigenvalue weighted by Crippen LogP contribution is -2.51. The normalized spacial score (nSPS) is 19.2. The summed E-state index contributed by atoms with van der Waals surface area (Å²) in [6, 6.07) is 5.31. The number of halogens is 1. The van der Waals surface area contributed by atoms with Crippen LogP contribution in [0.5, 0.6) is 0 Å². The number of nitrogens with two attached hydrogens (primary N) is 1. The molecule has 0 aromatic heterocycles. The van der Waals surface area contributed by atoms with Crippen LogP contribution < -0.4 is 5.73 Å². The molecule has 2 N–H and O–H groups in total. The summed E-state index contributed by atoms with van der Waals surface area (Å²) in [7, 11) is -3.49. The minimum Gasteiger partial charge on any atom is -0.340 e. The van der Waals surface area contributed by atoms with Gasteiger partial charge in [0.15, 0.2) is 0 Å². The zero-order chi connectivity index (χ0) is 17.3. The maximum atomic E-state index is 12.8. The van der Waals surface area contributed by atoms with Gasteiger partial charge in [-0.3, -0.25) is 4.79 Å². The van der Waals surface area contributed by atoms with Gasteiger partial charge in [-0.2, -0.15) is 4.31 Å². The van der Waals surface area contributed by atoms with Gasteiger partial charge in [0.1, 0.15) is 0 Å². The Balaban J connectivity index is 0.00000225. The summed E-state index contributed by atoms with van der Waals surface area (Å²) in [4.78, 5) is 14.1. The van der Waals surface area contributed by atoms with E-state index in [-0.39, 0.29) is 24.4 Å². The van der Waals surface area contributed by atoms with Crippen LogP contribution in [0.25, 0.3) is 0 Å². The van der Waals surface area contributed by atoms with Crippen LogP contribution in [0.1, 0.15) is 30.9 Å². The molecule has 2 aliphatic rings. The van der Waals surface area contributed by atoms with Gasteiger partial charge in [-0.05, 0) is 49.4 Å². The van der Waals surface area contributed by atoms with Crippen molar-refractivity contribution < 1.29 is 13.2 Å². The van der Waals surface area contributed by atoms with Crippen LogP contribution >= 0.6 is 12.4 Å². The maximum Gasteiger partial charge on any atom is 0.243 e. The molecule has 1 saturated heterocycles. The predicted octanol–water partition coefficient (Wildman–Crippen LogP) is 1.17. The molecule has 1 heterocycles. The zero-order valence-corrected chi connectivity index (χ0v) is 16.1. The van der Waals surface area contributed by atoms with Crippen molar-refractivity contribution in [1.82, 2.24) is 9.21 Å². The second kappa shape index (κ2) is 8.03. The maximum absolute atomic E-state index is 12.8. The van der Waals surface area contributed by atoms with Crippen molar-refractivity contribution in [3.63, 3.8) is 0 Å². The van der Waals surface area contributed by atoms with Crippen molar-refractivity contribution in [2.45, 2.75) is 43.5 Å². The molecule has 1 atom stereocenters. The van der Waals surface area contributed by atoms with E-state index in [0.29, 0.717) is 37.5 Å². The number of sulfonamides is 1. The number of benzene rings is 1. The van der Waals surface area contributed by atoms with Gasteiger partial charge in [0.25, 0.3) is 0 Å². The van der Waals surface area contributed by atoms with Crippen molar-refractivity contribution in [3.05, 3.63) is 29.3 Å². The molecule has 1 aliphatic carbocycles. The van der Waals surface area contributed by atoms with Gasteiger partial charge in [0.2, 0.25) is 15.9 Å². The van der Waals surface area contributed by atoms with Crippen LogP contribution in [0.4, 0.5) is 0 Å². The number of hydrogen-bond acceptors (Lipinski definition) is 4. The summed E-state index contributed by atoms with van der Waals surface area (Å²) in [5, 5.41) is 0. The lowest BCUT2D eigenvalue weighted by molar-refractivity contribution is -0.132. The first-order chi connectivity index (χ1) is 11.4. The fraction of sp³-hybridized carbons (Fsp3) is 0.588. The molecule has 6 nitrogen and oxygen atoms in total. The quantitative estimate of drug-likeness (QED) is 0.840. The summed E-state index contributed by atoms with van der Waals surface area (Å²) < 4.78 is 27.2. The van der Waals surface area contributed by atoms with E-state index >= 15 is 0 Å². The molecule has 1 aromatic rings. The number of rotatable bonds is 4. The van der Waals surface area contributed by atoms with Crippen molar-refractivity contribution in [1.29, 1.82) is 0 Å². The molecule has 0 spiro atoms. The average Bonchev–Trinajstić information content (AvgIpc) is 3.02. The SMILES string of the molecule is CC(N)CC(=O)N1CCN(S(=O)(=O)c2ccc3c(c2)CCC3)CC1.Cl. The van der Waals surface area contributed by atoms with Crippen LogP contribution in [0.2, 0.25) is 0 Å². The molecule has 0 radical (unpaired) electrons. The van der Waals surface area contributed by atoms with Crippen LogP contribution in [0.3, 0.4) is 0 Å². The second-order valence-corrected chi connectivity index (χ2v) is 8.69. The molecular formula is C17H26ClN3O3S. The lowest BCUT2D eigenvalue weighted by Gasteiger charge is -2.34. The van der Waals surface area contributed by atoms with Gasteiger partial charge < -0.3 is 10.6 Å². The molecule has 1 unspecified atom stereocenters. The molecule has 1 amide bonds. The zero-order valence-electron chi connectivity index (χ0n) is 14.5. The summed E-state index contributed by atoms with van der Waals surface area (Å²) >= 11 is 0. The number of amides is 1. The largest absolute Gasteiger partial charge is 0.340 e. The van der Waals surface area contributed by atoms with Gasteiger partial charge in [0, 0.05) is 38.6 Å². The van der Waals surface area contributed by atoms with Gasteiger partial charge >= 0.3 is 0 Å². The Kier molecular flexibility index (Phi) is 6.48. The molecule has 1 aromatic carbocycles. The van der Waals surface area contributed by atoms with Gasteiger partial charge in [-0.25, -0.2) is 8.42 Å². The third-order valence-electron chi connectivity index (χ3n) is 4.80. The topological polar surface area (TPSA) is 83.7 Å². The fourth-order valence-corrected chi connectivity index (χ4v) is 4.91. The monoisotopic (exact) mass is 387 g/mol. The molecule has 0 bridgehead atoms. The first kappa shape index (κ1) is 20.2. The van der Waals surface area contributed by atoms with E-state index < -0.39 is 10.0 Å². The molecule has 25 heavy (non-hydrogen) atoms. The first-order valence-electron chi connectivity index (χ1n) is 8.53. The molecule has 1 fully saturated rings. The number of carbonyl (C=O) groups excluding carboxylic acids is 1. The van der Waals surface area contributed by atoms with Gasteiger partial charge in [-0.1, -0.05) is 6.07 Å². The lowest BCUT2D eigenvalue weighted by atomic mass is 10.1. The van der Waals surface area contributed by atoms with Crippen LogP contribution in [-0.4, -0.2) is 55.8 Å². The fourth-order valence-electron chi connectivity index (χ4n) is 3.44. The number of nitrogens with zero attached hydrogens (tertiary/aromatic N) is 2. The van der Waals surface area contributed by atoms with Crippen molar-refractivity contribution in [2.75, 3.05) is 26.2 Å². The standard InChI is InChI=1S/C17H25N3O3S.ClH/c1-13(18)11-17(21)19-7-9-20(10-8-19)24(22,23)16-6-5-14-3-2-4-15(14)12-16;/h5-6,12-13H,2-4,7-11,18H2,1H3;1H. The minimum atomic E-state index is -3.49. The van der Waals surface area contributed by atoms with Gasteiger partial charge in [-0.15, -0.1) is 12.4 Å². The number of piperazine rings is 1. The predicted molar refractivity (Wildman–Crippen MR) is 99.3 cm³/mol. The number of fused-ring (bicyclic) bond motifs is 1. The highest BCUT2D eigenvalue weighted by Gasteiger charge is 2.30. The van der Waals surface area contributed by atoms with Gasteiger partial charge in [0.05, 0.1) is 4.90 Å². The third kappa shape index (κ3) is 4.34. The Morgan fingerprint density at radius 1 is 1.16 bits per heavy atom. The molecule has 0 saturated carbocycles. The van der Waals surface area contributed by atoms with Crippen LogP contribution in [0, 0.1) is 0 Å². The molecule has 140 valence electrons. The first-order valence-corrected chi connectivity index (χ1v) is 9.97. The highest BCUT2D eigenvalue weighted by molar-refractivity contribution is 7.89. The number of carbonyl (C=O) groups is 1. The van der Waals surface area contributed by atoms with E-state index in [1.807, 2.05) is 12.1 Å². The van der Waals surface area contributed by atoms with E-state index in [1.54, 1.807) is 17.9 Å². The van der Waals surface area contributed by atoms with Crippen LogP contribution in [-0.2, 0) is 27.7 Å². The van der Waals surface area contributed by atoms with Crippen LogP contribution in [0.15, 0.2) is 23.1 Å². The van der Waals surface area contributed by atoms with E-state index in [0.717, 1.165) is 24.8 Å². The minimum absolute atomic E-state index is 0. The molecular weight excluding hydrogens is 362 g/mol. The Morgan fingerprint density at radius 2 is 1.80 bits per heavy atom. The molecule has 8 heteroatoms. The second-order valence-electron chi connectivity index (χ2n) is 6.75. The Bertz CT molecular complexity index is 729. The summed E-state index contributed by atoms with van der Waals surface area (Å²) in [5.74, 6) is -0.000390. The Morgan fingerprint density at radius 3 is 2.44 bits per heavy atom. The number of aryl methyl sites for hydroxylation is 2. The number of hydrogen-bond donors (Lipinski definition) is 1. The highest BCUT2D eigenvalue weighted by atomic mass is 35.5. The summed E-state index contributed by atoms with van der Waals surface area (Å²) in [5.41, 5.74) is 8.08. The van der Waals surface area contributed by atoms with E-state index in [4.69, 9.17) is 5.73 Å². The summed E-state index contributed by atoms with van der Waals surface area (Å²) in [6.07, 6.45) is 3.39. The van der Waals surface area contributed by atoms with E-state index in [1.165, 1.54) is 9.87 Å².